The molecule has 2 N–H and O–H groups in total. The van der Waals surface area contributed by atoms with Crippen molar-refractivity contribution in [2.24, 2.45) is 11.8 Å². The number of fused-ring (bicyclic) bond motifs is 1. The first-order valence-corrected chi connectivity index (χ1v) is 6.92. The molecule has 1 heterocycles. The second-order valence-electron chi connectivity index (χ2n) is 5.85. The normalized spacial score (nSPS) is 29.4. The van der Waals surface area contributed by atoms with Crippen LogP contribution >= 0.6 is 0 Å². The zero-order valence-electron chi connectivity index (χ0n) is 11.2. The van der Waals surface area contributed by atoms with Crippen molar-refractivity contribution in [1.82, 2.24) is 4.90 Å². The summed E-state index contributed by atoms with van der Waals surface area (Å²) < 4.78 is 0. The average molecular weight is 260 g/mol. The number of anilines is 1. The molecule has 1 aliphatic heterocycles. The molecule has 1 aromatic carbocycles. The van der Waals surface area contributed by atoms with E-state index in [2.05, 4.69) is 5.32 Å². The van der Waals surface area contributed by atoms with Gasteiger partial charge in [0.15, 0.2) is 0 Å². The monoisotopic (exact) mass is 260 g/mol. The van der Waals surface area contributed by atoms with Gasteiger partial charge in [-0.15, -0.1) is 0 Å². The Morgan fingerprint density at radius 2 is 2.00 bits per heavy atom. The molecule has 0 spiro atoms. The maximum absolute atomic E-state index is 12.2. The van der Waals surface area contributed by atoms with Gasteiger partial charge in [0.2, 0.25) is 0 Å². The van der Waals surface area contributed by atoms with Gasteiger partial charge in [0, 0.05) is 18.8 Å². The Hall–Kier alpha value is -1.55. The fourth-order valence-electron chi connectivity index (χ4n) is 3.36. The largest absolute Gasteiger partial charge is 0.393 e. The molecule has 102 valence electrons. The Kier molecular flexibility index (Phi) is 3.19. The van der Waals surface area contributed by atoms with Crippen molar-refractivity contribution < 1.29 is 9.90 Å². The highest BCUT2D eigenvalue weighted by Crippen LogP contribution is 2.38. The molecule has 4 heteroatoms. The molecule has 2 amide bonds. The first kappa shape index (κ1) is 12.5. The number of urea groups is 1. The minimum absolute atomic E-state index is 0.0190. The fourth-order valence-corrected chi connectivity index (χ4v) is 3.36. The standard InChI is InChI=1S/C15H20N2O2/c1-10-3-2-4-13(5-10)16-15(19)17-8-11-6-14(18)7-12(11)9-17/h2-5,11-12,14,18H,6-9H2,1H3,(H,16,19)/t11-,12+,14?. The number of hydrogen-bond donors (Lipinski definition) is 2. The summed E-state index contributed by atoms with van der Waals surface area (Å²) in [5, 5.41) is 12.6. The van der Waals surface area contributed by atoms with Gasteiger partial charge in [-0.3, -0.25) is 0 Å². The van der Waals surface area contributed by atoms with Crippen molar-refractivity contribution in [3.8, 4) is 0 Å². The van der Waals surface area contributed by atoms with E-state index in [0.717, 1.165) is 37.2 Å². The molecule has 0 aromatic heterocycles. The Labute approximate surface area is 113 Å². The Morgan fingerprint density at radius 3 is 2.63 bits per heavy atom. The smallest absolute Gasteiger partial charge is 0.321 e. The maximum atomic E-state index is 12.2. The van der Waals surface area contributed by atoms with Crippen molar-refractivity contribution in [3.05, 3.63) is 29.8 Å². The SMILES string of the molecule is Cc1cccc(NC(=O)N2C[C@H]3CC(O)C[C@H]3C2)c1. The first-order chi connectivity index (χ1) is 9.11. The molecule has 0 bridgehead atoms. The average Bonchev–Trinajstić information content (AvgIpc) is 2.86. The van der Waals surface area contributed by atoms with E-state index in [0.29, 0.717) is 11.8 Å². The number of carbonyl (C=O) groups excluding carboxylic acids is 1. The van der Waals surface area contributed by atoms with Crippen LogP contribution in [0.25, 0.3) is 0 Å². The molecule has 19 heavy (non-hydrogen) atoms. The molecule has 4 nitrogen and oxygen atoms in total. The quantitative estimate of drug-likeness (QED) is 0.813. The first-order valence-electron chi connectivity index (χ1n) is 6.92. The zero-order valence-corrected chi connectivity index (χ0v) is 11.2. The van der Waals surface area contributed by atoms with Gasteiger partial charge in [0.05, 0.1) is 6.10 Å². The molecular formula is C15H20N2O2. The van der Waals surface area contributed by atoms with E-state index in [1.807, 2.05) is 36.1 Å². The lowest BCUT2D eigenvalue weighted by molar-refractivity contribution is 0.163. The number of aryl methyl sites for hydroxylation is 1. The molecule has 1 aromatic rings. The van der Waals surface area contributed by atoms with Crippen molar-refractivity contribution in [1.29, 1.82) is 0 Å². The van der Waals surface area contributed by atoms with Gasteiger partial charge in [0.1, 0.15) is 0 Å². The van der Waals surface area contributed by atoms with Crippen LogP contribution in [0.15, 0.2) is 24.3 Å². The van der Waals surface area contributed by atoms with Crippen LogP contribution in [0, 0.1) is 18.8 Å². The number of nitrogens with zero attached hydrogens (tertiary/aromatic N) is 1. The number of likely N-dealkylation sites (tertiary alicyclic amines) is 1. The summed E-state index contributed by atoms with van der Waals surface area (Å²) in [5.74, 6) is 0.969. The van der Waals surface area contributed by atoms with Crippen LogP contribution in [0.2, 0.25) is 0 Å². The number of carbonyl (C=O) groups is 1. The Balaban J connectivity index is 1.60. The number of hydrogen-bond acceptors (Lipinski definition) is 2. The highest BCUT2D eigenvalue weighted by atomic mass is 16.3. The molecule has 1 saturated carbocycles. The van der Waals surface area contributed by atoms with Gasteiger partial charge >= 0.3 is 6.03 Å². The Bertz CT molecular complexity index is 475. The Morgan fingerprint density at radius 1 is 1.32 bits per heavy atom. The predicted octanol–water partition coefficient (Wildman–Crippen LogP) is 2.23. The lowest BCUT2D eigenvalue weighted by Gasteiger charge is -2.19. The summed E-state index contributed by atoms with van der Waals surface area (Å²) in [5.41, 5.74) is 1.99. The second kappa shape index (κ2) is 4.85. The molecule has 1 saturated heterocycles. The summed E-state index contributed by atoms with van der Waals surface area (Å²) in [6.45, 7) is 3.57. The molecule has 0 radical (unpaired) electrons. The van der Waals surface area contributed by atoms with Crippen molar-refractivity contribution in [2.45, 2.75) is 25.9 Å². The summed E-state index contributed by atoms with van der Waals surface area (Å²) in [6, 6.07) is 7.82. The van der Waals surface area contributed by atoms with Gasteiger partial charge in [-0.25, -0.2) is 4.79 Å². The molecule has 1 unspecified atom stereocenters. The van der Waals surface area contributed by atoms with Crippen LogP contribution in [-0.2, 0) is 0 Å². The summed E-state index contributed by atoms with van der Waals surface area (Å²) in [6.07, 6.45) is 1.54. The minimum atomic E-state index is -0.156. The van der Waals surface area contributed by atoms with Crippen LogP contribution in [0.3, 0.4) is 0 Å². The van der Waals surface area contributed by atoms with E-state index >= 15 is 0 Å². The van der Waals surface area contributed by atoms with Crippen LogP contribution in [0.1, 0.15) is 18.4 Å². The maximum Gasteiger partial charge on any atom is 0.321 e. The van der Waals surface area contributed by atoms with Crippen molar-refractivity contribution in [3.63, 3.8) is 0 Å². The second-order valence-corrected chi connectivity index (χ2v) is 5.85. The topological polar surface area (TPSA) is 52.6 Å². The van der Waals surface area contributed by atoms with E-state index in [4.69, 9.17) is 0 Å². The van der Waals surface area contributed by atoms with E-state index < -0.39 is 0 Å². The van der Waals surface area contributed by atoms with Crippen LogP contribution in [0.5, 0.6) is 0 Å². The highest BCUT2D eigenvalue weighted by molar-refractivity contribution is 5.89. The number of aliphatic hydroxyl groups excluding tert-OH is 1. The zero-order chi connectivity index (χ0) is 13.4. The number of amides is 2. The van der Waals surface area contributed by atoms with E-state index in [1.54, 1.807) is 0 Å². The van der Waals surface area contributed by atoms with Gasteiger partial charge in [-0.2, -0.15) is 0 Å². The van der Waals surface area contributed by atoms with Crippen LogP contribution in [0.4, 0.5) is 10.5 Å². The van der Waals surface area contributed by atoms with Gasteiger partial charge in [-0.1, -0.05) is 12.1 Å². The summed E-state index contributed by atoms with van der Waals surface area (Å²) in [7, 11) is 0. The summed E-state index contributed by atoms with van der Waals surface area (Å²) >= 11 is 0. The van der Waals surface area contributed by atoms with E-state index in [-0.39, 0.29) is 12.1 Å². The van der Waals surface area contributed by atoms with Gasteiger partial charge in [-0.05, 0) is 49.3 Å². The number of aliphatic hydroxyl groups is 1. The van der Waals surface area contributed by atoms with Crippen LogP contribution in [-0.4, -0.2) is 35.2 Å². The van der Waals surface area contributed by atoms with Gasteiger partial charge in [0.25, 0.3) is 0 Å². The number of benzene rings is 1. The highest BCUT2D eigenvalue weighted by Gasteiger charge is 2.41. The molecule has 2 aliphatic rings. The number of nitrogens with one attached hydrogen (secondary N) is 1. The lowest BCUT2D eigenvalue weighted by Crippen LogP contribution is -2.34. The van der Waals surface area contributed by atoms with Gasteiger partial charge < -0.3 is 15.3 Å². The van der Waals surface area contributed by atoms with Crippen LogP contribution < -0.4 is 5.32 Å². The third kappa shape index (κ3) is 2.59. The lowest BCUT2D eigenvalue weighted by atomic mass is 10.0. The minimum Gasteiger partial charge on any atom is -0.393 e. The molecular weight excluding hydrogens is 240 g/mol. The van der Waals surface area contributed by atoms with E-state index in [1.165, 1.54) is 0 Å². The molecule has 1 aliphatic carbocycles. The number of rotatable bonds is 1. The van der Waals surface area contributed by atoms with Crippen molar-refractivity contribution >= 4 is 11.7 Å². The van der Waals surface area contributed by atoms with E-state index in [9.17, 15) is 9.90 Å². The third-order valence-electron chi connectivity index (χ3n) is 4.28. The molecule has 3 rings (SSSR count). The third-order valence-corrected chi connectivity index (χ3v) is 4.28. The molecule has 3 atom stereocenters. The van der Waals surface area contributed by atoms with Crippen molar-refractivity contribution in [2.75, 3.05) is 18.4 Å². The predicted molar refractivity (Wildman–Crippen MR) is 74.0 cm³/mol. The summed E-state index contributed by atoms with van der Waals surface area (Å²) in [4.78, 5) is 14.1. The molecule has 2 fully saturated rings. The fraction of sp³-hybridized carbons (Fsp3) is 0.533.